The largest absolute Gasteiger partial charge is 0.343 e. The average Bonchev–Trinajstić information content (AvgIpc) is 3.34. The maximum Gasteiger partial charge on any atom is 0.264 e. The van der Waals surface area contributed by atoms with Crippen LogP contribution in [0.15, 0.2) is 59.1 Å². The molecule has 0 saturated heterocycles. The van der Waals surface area contributed by atoms with E-state index >= 15 is 0 Å². The summed E-state index contributed by atoms with van der Waals surface area (Å²) in [4.78, 5) is 30.3. The molecular formula is C19H16FN5O2S. The van der Waals surface area contributed by atoms with Crippen molar-refractivity contribution in [3.05, 3.63) is 80.9 Å². The fraction of sp³-hybridized carbons (Fsp3) is 0.158. The van der Waals surface area contributed by atoms with Gasteiger partial charge in [-0.05, 0) is 29.1 Å². The number of thiophene rings is 1. The molecule has 0 spiro atoms. The van der Waals surface area contributed by atoms with E-state index in [-0.39, 0.29) is 23.8 Å². The first-order valence-electron chi connectivity index (χ1n) is 8.48. The van der Waals surface area contributed by atoms with Crippen molar-refractivity contribution in [3.8, 4) is 0 Å². The lowest BCUT2D eigenvalue weighted by Crippen LogP contribution is -2.35. The lowest BCUT2D eigenvalue weighted by Gasteiger charge is -2.18. The molecule has 1 N–H and O–H groups in total. The molecule has 0 aliphatic carbocycles. The molecule has 0 bridgehead atoms. The lowest BCUT2D eigenvalue weighted by molar-refractivity contribution is -0.122. The van der Waals surface area contributed by atoms with E-state index in [9.17, 15) is 14.0 Å². The normalized spacial score (nSPS) is 12.2. The van der Waals surface area contributed by atoms with E-state index < -0.39 is 6.04 Å². The first kappa shape index (κ1) is 18.1. The summed E-state index contributed by atoms with van der Waals surface area (Å²) < 4.78 is 16.0. The smallest absolute Gasteiger partial charge is 0.264 e. The van der Waals surface area contributed by atoms with E-state index in [2.05, 4.69) is 15.4 Å². The van der Waals surface area contributed by atoms with Gasteiger partial charge in [-0.15, -0.1) is 11.3 Å². The van der Waals surface area contributed by atoms with Crippen molar-refractivity contribution < 1.29 is 9.18 Å². The molecule has 0 saturated carbocycles. The van der Waals surface area contributed by atoms with Crippen molar-refractivity contribution in [1.82, 2.24) is 24.6 Å². The summed E-state index contributed by atoms with van der Waals surface area (Å²) in [6.07, 6.45) is 2.77. The van der Waals surface area contributed by atoms with E-state index in [1.54, 1.807) is 19.2 Å². The highest BCUT2D eigenvalue weighted by Crippen LogP contribution is 2.26. The Kier molecular flexibility index (Phi) is 4.74. The van der Waals surface area contributed by atoms with Crippen LogP contribution in [0, 0.1) is 5.82 Å². The van der Waals surface area contributed by atoms with Crippen LogP contribution in [0.1, 0.15) is 16.5 Å². The van der Waals surface area contributed by atoms with Gasteiger partial charge in [0.15, 0.2) is 5.65 Å². The molecule has 9 heteroatoms. The van der Waals surface area contributed by atoms with Gasteiger partial charge in [0, 0.05) is 11.9 Å². The van der Waals surface area contributed by atoms with Gasteiger partial charge in [-0.2, -0.15) is 5.10 Å². The van der Waals surface area contributed by atoms with Crippen LogP contribution >= 0.6 is 11.3 Å². The van der Waals surface area contributed by atoms with Gasteiger partial charge in [0.25, 0.3) is 5.56 Å². The summed E-state index contributed by atoms with van der Waals surface area (Å²) in [7, 11) is 1.69. The molecule has 4 aromatic rings. The molecular weight excluding hydrogens is 381 g/mol. The highest BCUT2D eigenvalue weighted by atomic mass is 32.1. The second kappa shape index (κ2) is 7.35. The highest BCUT2D eigenvalue weighted by Gasteiger charge is 2.19. The number of aryl methyl sites for hydroxylation is 1. The van der Waals surface area contributed by atoms with Crippen LogP contribution in [-0.2, 0) is 18.4 Å². The molecule has 0 aliphatic rings. The Morgan fingerprint density at radius 2 is 2.07 bits per heavy atom. The number of halogens is 1. The van der Waals surface area contributed by atoms with Gasteiger partial charge >= 0.3 is 0 Å². The quantitative estimate of drug-likeness (QED) is 0.560. The second-order valence-electron chi connectivity index (χ2n) is 6.25. The van der Waals surface area contributed by atoms with Crippen molar-refractivity contribution in [2.45, 2.75) is 12.6 Å². The Morgan fingerprint density at radius 1 is 1.29 bits per heavy atom. The Hall–Kier alpha value is -3.33. The number of hydrogen-bond acceptors (Lipinski definition) is 5. The topological polar surface area (TPSA) is 81.8 Å². The third-order valence-electron chi connectivity index (χ3n) is 4.37. The van der Waals surface area contributed by atoms with Crippen LogP contribution in [0.4, 0.5) is 4.39 Å². The first-order chi connectivity index (χ1) is 13.5. The maximum atomic E-state index is 13.3. The van der Waals surface area contributed by atoms with Crippen molar-refractivity contribution >= 4 is 28.3 Å². The number of amides is 1. The molecule has 1 aromatic carbocycles. The zero-order valence-electron chi connectivity index (χ0n) is 14.9. The standard InChI is InChI=1S/C19H16FN5O2S/c1-24-18-14(9-22-24)19(27)25(11-21-18)10-16(26)23-17(15-3-2-8-28-15)12-4-6-13(20)7-5-12/h2-9,11,17H,10H2,1H3,(H,23,26)/t17-/m0/s1. The number of nitrogens with one attached hydrogen (secondary N) is 1. The predicted molar refractivity (Wildman–Crippen MR) is 103 cm³/mol. The van der Waals surface area contributed by atoms with E-state index in [4.69, 9.17) is 0 Å². The summed E-state index contributed by atoms with van der Waals surface area (Å²) >= 11 is 1.49. The Labute approximate surface area is 163 Å². The average molecular weight is 397 g/mol. The van der Waals surface area contributed by atoms with Crippen LogP contribution in [-0.4, -0.2) is 25.2 Å². The molecule has 3 heterocycles. The van der Waals surface area contributed by atoms with Gasteiger partial charge in [0.05, 0.1) is 12.2 Å². The number of carbonyl (C=O) groups is 1. The lowest BCUT2D eigenvalue weighted by atomic mass is 10.1. The summed E-state index contributed by atoms with van der Waals surface area (Å²) in [6.45, 7) is -0.181. The van der Waals surface area contributed by atoms with Gasteiger partial charge < -0.3 is 5.32 Å². The van der Waals surface area contributed by atoms with Crippen molar-refractivity contribution in [2.24, 2.45) is 7.05 Å². The van der Waals surface area contributed by atoms with Gasteiger partial charge in [0.2, 0.25) is 5.91 Å². The molecule has 7 nitrogen and oxygen atoms in total. The first-order valence-corrected chi connectivity index (χ1v) is 9.36. The maximum absolute atomic E-state index is 13.3. The zero-order valence-corrected chi connectivity index (χ0v) is 15.7. The number of hydrogen-bond donors (Lipinski definition) is 1. The number of nitrogens with zero attached hydrogens (tertiary/aromatic N) is 4. The predicted octanol–water partition coefficient (Wildman–Crippen LogP) is 2.24. The van der Waals surface area contributed by atoms with Crippen molar-refractivity contribution in [2.75, 3.05) is 0 Å². The van der Waals surface area contributed by atoms with Crippen molar-refractivity contribution in [1.29, 1.82) is 0 Å². The van der Waals surface area contributed by atoms with E-state index in [0.29, 0.717) is 11.0 Å². The van der Waals surface area contributed by atoms with Gasteiger partial charge in [-0.3, -0.25) is 18.8 Å². The summed E-state index contributed by atoms with van der Waals surface area (Å²) in [6, 6.07) is 9.32. The number of rotatable bonds is 5. The third kappa shape index (κ3) is 3.44. The van der Waals surface area contributed by atoms with Gasteiger partial charge in [-0.1, -0.05) is 18.2 Å². The molecule has 3 aromatic heterocycles. The molecule has 1 atom stereocenters. The number of fused-ring (bicyclic) bond motifs is 1. The molecule has 0 aliphatic heterocycles. The van der Waals surface area contributed by atoms with E-state index in [1.807, 2.05) is 17.5 Å². The summed E-state index contributed by atoms with van der Waals surface area (Å²) in [5, 5.41) is 9.20. The molecule has 4 rings (SSSR count). The second-order valence-corrected chi connectivity index (χ2v) is 7.23. The fourth-order valence-corrected chi connectivity index (χ4v) is 3.77. The minimum Gasteiger partial charge on any atom is -0.343 e. The number of carbonyl (C=O) groups excluding carboxylic acids is 1. The monoisotopic (exact) mass is 397 g/mol. The van der Waals surface area contributed by atoms with Crippen LogP contribution in [0.25, 0.3) is 11.0 Å². The number of aromatic nitrogens is 4. The summed E-state index contributed by atoms with van der Waals surface area (Å²) in [5.74, 6) is -0.697. The molecule has 1 amide bonds. The minimum absolute atomic E-state index is 0.181. The Balaban J connectivity index is 1.59. The third-order valence-corrected chi connectivity index (χ3v) is 5.31. The fourth-order valence-electron chi connectivity index (χ4n) is 2.97. The highest BCUT2D eigenvalue weighted by molar-refractivity contribution is 7.10. The van der Waals surface area contributed by atoms with Crippen molar-refractivity contribution in [3.63, 3.8) is 0 Å². The van der Waals surface area contributed by atoms with Crippen LogP contribution in [0.5, 0.6) is 0 Å². The molecule has 0 radical (unpaired) electrons. The van der Waals surface area contributed by atoms with E-state index in [0.717, 1.165) is 10.4 Å². The number of benzene rings is 1. The molecule has 28 heavy (non-hydrogen) atoms. The minimum atomic E-state index is -0.432. The van der Waals surface area contributed by atoms with Gasteiger partial charge in [0.1, 0.15) is 24.1 Å². The SMILES string of the molecule is Cn1ncc2c(=O)n(CC(=O)N[C@@H](c3ccc(F)cc3)c3cccs3)cnc21. The van der Waals surface area contributed by atoms with Gasteiger partial charge in [-0.25, -0.2) is 9.37 Å². The zero-order chi connectivity index (χ0) is 19.7. The molecule has 0 fully saturated rings. The Morgan fingerprint density at radius 3 is 2.79 bits per heavy atom. The van der Waals surface area contributed by atoms with E-state index in [1.165, 1.54) is 45.2 Å². The summed E-state index contributed by atoms with van der Waals surface area (Å²) in [5.41, 5.74) is 0.887. The molecule has 142 valence electrons. The van der Waals surface area contributed by atoms with Crippen LogP contribution in [0.2, 0.25) is 0 Å². The Bertz CT molecular complexity index is 1180. The molecule has 0 unspecified atom stereocenters. The van der Waals surface area contributed by atoms with Crippen LogP contribution < -0.4 is 10.9 Å². The van der Waals surface area contributed by atoms with Crippen LogP contribution in [0.3, 0.4) is 0 Å².